The third-order valence-corrected chi connectivity index (χ3v) is 5.69. The summed E-state index contributed by atoms with van der Waals surface area (Å²) in [4.78, 5) is 3.65. The molecule has 3 nitrogen and oxygen atoms in total. The average molecular weight is 405 g/mol. The van der Waals surface area contributed by atoms with Gasteiger partial charge in [0.2, 0.25) is 0 Å². The predicted octanol–water partition coefficient (Wildman–Crippen LogP) is 6.87. The molecule has 29 heavy (non-hydrogen) atoms. The molecular weight excluding hydrogens is 380 g/mol. The summed E-state index contributed by atoms with van der Waals surface area (Å²) in [5.74, 6) is 1.65. The number of aromatic nitrogens is 1. The van der Waals surface area contributed by atoms with Gasteiger partial charge in [0.15, 0.2) is 0 Å². The molecule has 0 amide bonds. The minimum Gasteiger partial charge on any atom is -0.457 e. The Labute approximate surface area is 176 Å². The molecule has 0 saturated carbocycles. The highest BCUT2D eigenvalue weighted by Gasteiger charge is 2.18. The zero-order valence-electron chi connectivity index (χ0n) is 16.5. The number of para-hydroxylation sites is 2. The van der Waals surface area contributed by atoms with E-state index in [1.807, 2.05) is 54.6 Å². The Bertz CT molecular complexity index is 1120. The predicted molar refractivity (Wildman–Crippen MR) is 122 cm³/mol. The van der Waals surface area contributed by atoms with Gasteiger partial charge in [-0.2, -0.15) is 0 Å². The van der Waals surface area contributed by atoms with Gasteiger partial charge < -0.3 is 15.5 Å². The van der Waals surface area contributed by atoms with Crippen LogP contribution < -0.4 is 10.5 Å². The molecule has 0 aliphatic rings. The maximum absolute atomic E-state index is 6.40. The van der Waals surface area contributed by atoms with Gasteiger partial charge in [0.1, 0.15) is 11.5 Å². The summed E-state index contributed by atoms with van der Waals surface area (Å²) >= 11 is 6.40. The second-order valence-corrected chi connectivity index (χ2v) is 7.64. The standard InChI is InChI=1S/C25H25ClN2O/c1-17-22(26)15-14-20-19(11-7-8-16-27)25(28-24(17)20)21-12-5-6-13-23(21)29-18-9-3-2-4-10-18/h2-6,9-10,12-15,28H,7-8,11,16,27H2,1H3. The lowest BCUT2D eigenvalue weighted by atomic mass is 9.99. The molecule has 0 unspecified atom stereocenters. The molecule has 3 aromatic carbocycles. The van der Waals surface area contributed by atoms with E-state index in [1.54, 1.807) is 0 Å². The van der Waals surface area contributed by atoms with Crippen molar-refractivity contribution >= 4 is 22.5 Å². The van der Waals surface area contributed by atoms with Crippen LogP contribution in [0.2, 0.25) is 5.02 Å². The second-order valence-electron chi connectivity index (χ2n) is 7.23. The lowest BCUT2D eigenvalue weighted by molar-refractivity contribution is 0.484. The summed E-state index contributed by atoms with van der Waals surface area (Å²) in [6, 6.07) is 22.1. The lowest BCUT2D eigenvalue weighted by Gasteiger charge is -2.12. The van der Waals surface area contributed by atoms with E-state index in [-0.39, 0.29) is 0 Å². The maximum Gasteiger partial charge on any atom is 0.136 e. The van der Waals surface area contributed by atoms with Crippen molar-refractivity contribution in [2.75, 3.05) is 6.54 Å². The van der Waals surface area contributed by atoms with Gasteiger partial charge in [0.25, 0.3) is 0 Å². The Hall–Kier alpha value is -2.75. The van der Waals surface area contributed by atoms with Crippen LogP contribution in [0.4, 0.5) is 0 Å². The number of fused-ring (bicyclic) bond motifs is 1. The van der Waals surface area contributed by atoms with Gasteiger partial charge in [0, 0.05) is 16.0 Å². The van der Waals surface area contributed by atoms with Crippen molar-refractivity contribution < 1.29 is 4.74 Å². The van der Waals surface area contributed by atoms with Crippen LogP contribution >= 0.6 is 11.6 Å². The van der Waals surface area contributed by atoms with Crippen molar-refractivity contribution in [3.8, 4) is 22.8 Å². The quantitative estimate of drug-likeness (QED) is 0.330. The molecule has 1 aromatic heterocycles. The topological polar surface area (TPSA) is 51.0 Å². The van der Waals surface area contributed by atoms with Crippen molar-refractivity contribution in [3.05, 3.63) is 82.9 Å². The highest BCUT2D eigenvalue weighted by atomic mass is 35.5. The van der Waals surface area contributed by atoms with E-state index in [1.165, 1.54) is 10.9 Å². The van der Waals surface area contributed by atoms with E-state index < -0.39 is 0 Å². The molecule has 0 atom stereocenters. The van der Waals surface area contributed by atoms with Gasteiger partial charge in [-0.05, 0) is 74.2 Å². The van der Waals surface area contributed by atoms with Crippen LogP contribution in [0, 0.1) is 6.92 Å². The number of unbranched alkanes of at least 4 members (excludes halogenated alkanes) is 1. The summed E-state index contributed by atoms with van der Waals surface area (Å²) in [5.41, 5.74) is 11.3. The Balaban J connectivity index is 1.85. The monoisotopic (exact) mass is 404 g/mol. The largest absolute Gasteiger partial charge is 0.457 e. The van der Waals surface area contributed by atoms with Crippen LogP contribution in [0.1, 0.15) is 24.0 Å². The Kier molecular flexibility index (Phi) is 5.89. The van der Waals surface area contributed by atoms with Crippen LogP contribution in [-0.2, 0) is 6.42 Å². The number of benzene rings is 3. The number of hydrogen-bond acceptors (Lipinski definition) is 2. The van der Waals surface area contributed by atoms with E-state index in [0.717, 1.165) is 58.1 Å². The molecule has 0 bridgehead atoms. The number of aromatic amines is 1. The maximum atomic E-state index is 6.40. The van der Waals surface area contributed by atoms with Crippen LogP contribution in [0.25, 0.3) is 22.2 Å². The zero-order valence-corrected chi connectivity index (χ0v) is 17.3. The molecule has 0 aliphatic heterocycles. The van der Waals surface area contributed by atoms with Crippen LogP contribution in [0.15, 0.2) is 66.7 Å². The third kappa shape index (κ3) is 4.02. The van der Waals surface area contributed by atoms with Crippen LogP contribution in [0.5, 0.6) is 11.5 Å². The number of ether oxygens (including phenoxy) is 1. The van der Waals surface area contributed by atoms with Gasteiger partial charge in [-0.1, -0.05) is 48.0 Å². The first-order valence-electron chi connectivity index (χ1n) is 10.0. The van der Waals surface area contributed by atoms with Gasteiger partial charge in [-0.25, -0.2) is 0 Å². The molecule has 4 aromatic rings. The second kappa shape index (κ2) is 8.73. The molecule has 0 saturated heterocycles. The highest BCUT2D eigenvalue weighted by molar-refractivity contribution is 6.32. The lowest BCUT2D eigenvalue weighted by Crippen LogP contribution is -1.99. The van der Waals surface area contributed by atoms with Gasteiger partial charge in [-0.3, -0.25) is 0 Å². The minimum absolute atomic E-state index is 0.705. The molecule has 4 rings (SSSR count). The summed E-state index contributed by atoms with van der Waals surface area (Å²) in [5, 5.41) is 1.99. The molecule has 0 spiro atoms. The average Bonchev–Trinajstić information content (AvgIpc) is 3.11. The fourth-order valence-electron chi connectivity index (χ4n) is 3.75. The molecular formula is C25H25ClN2O. The van der Waals surface area contributed by atoms with E-state index in [0.29, 0.717) is 6.54 Å². The first kappa shape index (κ1) is 19.6. The summed E-state index contributed by atoms with van der Waals surface area (Å²) < 4.78 is 6.23. The van der Waals surface area contributed by atoms with Crippen molar-refractivity contribution in [1.29, 1.82) is 0 Å². The molecule has 0 radical (unpaired) electrons. The van der Waals surface area contributed by atoms with Crippen molar-refractivity contribution in [3.63, 3.8) is 0 Å². The number of nitrogens with two attached hydrogens (primary N) is 1. The highest BCUT2D eigenvalue weighted by Crippen LogP contribution is 2.39. The fraction of sp³-hybridized carbons (Fsp3) is 0.200. The number of aryl methyl sites for hydroxylation is 2. The van der Waals surface area contributed by atoms with Crippen molar-refractivity contribution in [2.45, 2.75) is 26.2 Å². The number of H-pyrrole nitrogens is 1. The van der Waals surface area contributed by atoms with E-state index in [2.05, 4.69) is 24.0 Å². The van der Waals surface area contributed by atoms with Gasteiger partial charge >= 0.3 is 0 Å². The van der Waals surface area contributed by atoms with Gasteiger partial charge in [-0.15, -0.1) is 0 Å². The van der Waals surface area contributed by atoms with Crippen molar-refractivity contribution in [1.82, 2.24) is 4.98 Å². The molecule has 4 heteroatoms. The molecule has 0 fully saturated rings. The summed E-state index contributed by atoms with van der Waals surface area (Å²) in [6.45, 7) is 2.76. The Morgan fingerprint density at radius 2 is 1.69 bits per heavy atom. The summed E-state index contributed by atoms with van der Waals surface area (Å²) in [6.07, 6.45) is 2.99. The molecule has 0 aliphatic carbocycles. The number of rotatable bonds is 7. The normalized spacial score (nSPS) is 11.1. The smallest absolute Gasteiger partial charge is 0.136 e. The minimum atomic E-state index is 0.705. The van der Waals surface area contributed by atoms with Crippen molar-refractivity contribution in [2.24, 2.45) is 5.73 Å². The first-order valence-corrected chi connectivity index (χ1v) is 10.4. The first-order chi connectivity index (χ1) is 14.2. The van der Waals surface area contributed by atoms with E-state index in [9.17, 15) is 0 Å². The molecule has 1 heterocycles. The Morgan fingerprint density at radius 1 is 0.931 bits per heavy atom. The van der Waals surface area contributed by atoms with Crippen LogP contribution in [0.3, 0.4) is 0 Å². The zero-order chi connectivity index (χ0) is 20.2. The molecule has 3 N–H and O–H groups in total. The molecule has 148 valence electrons. The van der Waals surface area contributed by atoms with E-state index >= 15 is 0 Å². The number of nitrogens with one attached hydrogen (secondary N) is 1. The van der Waals surface area contributed by atoms with Gasteiger partial charge in [0.05, 0.1) is 11.2 Å². The SMILES string of the molecule is Cc1c(Cl)ccc2c(CCCCN)c(-c3ccccc3Oc3ccccc3)[nH]c12. The van der Waals surface area contributed by atoms with E-state index in [4.69, 9.17) is 22.1 Å². The number of halogens is 1. The van der Waals surface area contributed by atoms with Crippen LogP contribution in [-0.4, -0.2) is 11.5 Å². The third-order valence-electron chi connectivity index (χ3n) is 5.28. The Morgan fingerprint density at radius 3 is 2.48 bits per heavy atom. The fourth-order valence-corrected chi connectivity index (χ4v) is 3.90. The summed E-state index contributed by atoms with van der Waals surface area (Å²) in [7, 11) is 0. The number of hydrogen-bond donors (Lipinski definition) is 2.